The Balaban J connectivity index is 2.48. The molecule has 0 N–H and O–H groups in total. The van der Waals surface area contributed by atoms with Gasteiger partial charge >= 0.3 is 0 Å². The van der Waals surface area contributed by atoms with Crippen LogP contribution in [0.5, 0.6) is 0 Å². The summed E-state index contributed by atoms with van der Waals surface area (Å²) in [5.41, 5.74) is 0.830. The quantitative estimate of drug-likeness (QED) is 0.816. The van der Waals surface area contributed by atoms with Gasteiger partial charge in [-0.05, 0) is 24.3 Å². The summed E-state index contributed by atoms with van der Waals surface area (Å²) in [6.07, 6.45) is 1.55. The van der Waals surface area contributed by atoms with Gasteiger partial charge in [0, 0.05) is 30.8 Å². The molecule has 2 aromatic rings. The standard InChI is InChI=1S/C15H13ClN2O2/c1-10(19)18(2)15-13(7-4-8-17-15)14(20)11-5-3-6-12(16)9-11/h3-9H,1-2H3. The molecular formula is C15H13ClN2O2. The fourth-order valence-corrected chi connectivity index (χ4v) is 1.97. The van der Waals surface area contributed by atoms with Crippen LogP contribution < -0.4 is 4.90 Å². The Morgan fingerprint density at radius 1 is 1.20 bits per heavy atom. The highest BCUT2D eigenvalue weighted by Crippen LogP contribution is 2.21. The zero-order valence-electron chi connectivity index (χ0n) is 11.1. The molecule has 0 aliphatic rings. The van der Waals surface area contributed by atoms with Crippen LogP contribution in [-0.2, 0) is 4.79 Å². The number of hydrogen-bond donors (Lipinski definition) is 0. The number of benzene rings is 1. The van der Waals surface area contributed by atoms with Gasteiger partial charge in [0.15, 0.2) is 5.78 Å². The number of carbonyl (C=O) groups is 2. The van der Waals surface area contributed by atoms with Gasteiger partial charge in [-0.2, -0.15) is 0 Å². The molecule has 0 radical (unpaired) electrons. The number of aromatic nitrogens is 1. The first-order valence-electron chi connectivity index (χ1n) is 6.00. The predicted octanol–water partition coefficient (Wildman–Crippen LogP) is 2.95. The summed E-state index contributed by atoms with van der Waals surface area (Å²) in [6.45, 7) is 1.42. The third-order valence-electron chi connectivity index (χ3n) is 2.91. The van der Waals surface area contributed by atoms with Crippen molar-refractivity contribution in [2.75, 3.05) is 11.9 Å². The minimum Gasteiger partial charge on any atom is -0.300 e. The number of hydrogen-bond acceptors (Lipinski definition) is 3. The second kappa shape index (κ2) is 5.84. The average molecular weight is 289 g/mol. The predicted molar refractivity (Wildman–Crippen MR) is 78.2 cm³/mol. The Labute approximate surface area is 122 Å². The van der Waals surface area contributed by atoms with Crippen molar-refractivity contribution in [3.05, 3.63) is 58.7 Å². The minimum atomic E-state index is -0.219. The number of pyridine rings is 1. The molecule has 1 amide bonds. The van der Waals surface area contributed by atoms with Crippen molar-refractivity contribution in [2.24, 2.45) is 0 Å². The number of rotatable bonds is 3. The van der Waals surface area contributed by atoms with E-state index in [2.05, 4.69) is 4.98 Å². The van der Waals surface area contributed by atoms with Gasteiger partial charge in [0.05, 0.1) is 5.56 Å². The van der Waals surface area contributed by atoms with E-state index in [1.54, 1.807) is 49.6 Å². The van der Waals surface area contributed by atoms with Gasteiger partial charge < -0.3 is 0 Å². The third-order valence-corrected chi connectivity index (χ3v) is 3.14. The molecule has 0 aliphatic carbocycles. The highest BCUT2D eigenvalue weighted by Gasteiger charge is 2.19. The Bertz CT molecular complexity index is 670. The molecule has 0 atom stereocenters. The molecule has 0 saturated heterocycles. The topological polar surface area (TPSA) is 50.3 Å². The van der Waals surface area contributed by atoms with E-state index in [9.17, 15) is 9.59 Å². The molecule has 1 aromatic carbocycles. The van der Waals surface area contributed by atoms with Crippen LogP contribution in [0.3, 0.4) is 0 Å². The number of ketones is 1. The summed E-state index contributed by atoms with van der Waals surface area (Å²) in [5.74, 6) is -0.0717. The number of halogens is 1. The second-order valence-electron chi connectivity index (χ2n) is 4.29. The van der Waals surface area contributed by atoms with Gasteiger partial charge in [-0.15, -0.1) is 0 Å². The first-order valence-corrected chi connectivity index (χ1v) is 6.38. The van der Waals surface area contributed by atoms with Crippen LogP contribution in [0.2, 0.25) is 5.02 Å². The Morgan fingerprint density at radius 2 is 1.95 bits per heavy atom. The normalized spacial score (nSPS) is 10.2. The molecule has 0 aliphatic heterocycles. The molecule has 2 rings (SSSR count). The summed E-state index contributed by atoms with van der Waals surface area (Å²) in [6, 6.07) is 9.98. The summed E-state index contributed by atoms with van der Waals surface area (Å²) in [7, 11) is 1.58. The maximum atomic E-state index is 12.5. The maximum Gasteiger partial charge on any atom is 0.224 e. The molecule has 0 spiro atoms. The van der Waals surface area contributed by atoms with Gasteiger partial charge in [-0.3, -0.25) is 14.5 Å². The van der Waals surface area contributed by atoms with Crippen molar-refractivity contribution in [3.63, 3.8) is 0 Å². The van der Waals surface area contributed by atoms with Crippen LogP contribution in [0.4, 0.5) is 5.82 Å². The molecule has 1 heterocycles. The van der Waals surface area contributed by atoms with Crippen LogP contribution in [0, 0.1) is 0 Å². The molecular weight excluding hydrogens is 276 g/mol. The van der Waals surface area contributed by atoms with Crippen LogP contribution >= 0.6 is 11.6 Å². The molecule has 4 nitrogen and oxygen atoms in total. The highest BCUT2D eigenvalue weighted by atomic mass is 35.5. The summed E-state index contributed by atoms with van der Waals surface area (Å²) < 4.78 is 0. The van der Waals surface area contributed by atoms with E-state index >= 15 is 0 Å². The maximum absolute atomic E-state index is 12.5. The van der Waals surface area contributed by atoms with Gasteiger partial charge in [0.1, 0.15) is 5.82 Å². The third kappa shape index (κ3) is 2.86. The van der Waals surface area contributed by atoms with E-state index in [0.29, 0.717) is 22.0 Å². The van der Waals surface area contributed by atoms with Crippen molar-refractivity contribution >= 4 is 29.1 Å². The van der Waals surface area contributed by atoms with E-state index in [-0.39, 0.29) is 11.7 Å². The van der Waals surface area contributed by atoms with Crippen LogP contribution in [0.15, 0.2) is 42.6 Å². The first-order chi connectivity index (χ1) is 9.50. The molecule has 102 valence electrons. The van der Waals surface area contributed by atoms with Gasteiger partial charge in [0.2, 0.25) is 5.91 Å². The second-order valence-corrected chi connectivity index (χ2v) is 4.73. The molecule has 0 saturated carbocycles. The van der Waals surface area contributed by atoms with Crippen molar-refractivity contribution in [2.45, 2.75) is 6.92 Å². The number of anilines is 1. The SMILES string of the molecule is CC(=O)N(C)c1ncccc1C(=O)c1cccc(Cl)c1. The lowest BCUT2D eigenvalue weighted by molar-refractivity contribution is -0.116. The lowest BCUT2D eigenvalue weighted by Gasteiger charge is -2.16. The molecule has 5 heteroatoms. The fraction of sp³-hybridized carbons (Fsp3) is 0.133. The Kier molecular flexibility index (Phi) is 4.15. The highest BCUT2D eigenvalue weighted by molar-refractivity contribution is 6.31. The minimum absolute atomic E-state index is 0.191. The Hall–Kier alpha value is -2.20. The molecule has 0 bridgehead atoms. The summed E-state index contributed by atoms with van der Waals surface area (Å²) >= 11 is 5.90. The van der Waals surface area contributed by atoms with E-state index in [1.807, 2.05) is 0 Å². The first kappa shape index (κ1) is 14.2. The monoisotopic (exact) mass is 288 g/mol. The molecule has 20 heavy (non-hydrogen) atoms. The molecule has 1 aromatic heterocycles. The zero-order valence-corrected chi connectivity index (χ0v) is 11.9. The van der Waals surface area contributed by atoms with Crippen molar-refractivity contribution in [1.82, 2.24) is 4.98 Å². The molecule has 0 fully saturated rings. The van der Waals surface area contributed by atoms with E-state index in [4.69, 9.17) is 11.6 Å². The van der Waals surface area contributed by atoms with Crippen LogP contribution in [-0.4, -0.2) is 23.7 Å². The summed E-state index contributed by atoms with van der Waals surface area (Å²) in [5, 5.41) is 0.487. The number of amides is 1. The average Bonchev–Trinajstić information content (AvgIpc) is 2.45. The fourth-order valence-electron chi connectivity index (χ4n) is 1.78. The van der Waals surface area contributed by atoms with E-state index in [1.165, 1.54) is 11.8 Å². The van der Waals surface area contributed by atoms with E-state index < -0.39 is 0 Å². The largest absolute Gasteiger partial charge is 0.300 e. The van der Waals surface area contributed by atoms with Gasteiger partial charge in [0.25, 0.3) is 0 Å². The van der Waals surface area contributed by atoms with Crippen LogP contribution in [0.25, 0.3) is 0 Å². The van der Waals surface area contributed by atoms with Gasteiger partial charge in [-0.1, -0.05) is 23.7 Å². The Morgan fingerprint density at radius 3 is 2.60 bits per heavy atom. The lowest BCUT2D eigenvalue weighted by atomic mass is 10.0. The lowest BCUT2D eigenvalue weighted by Crippen LogP contribution is -2.26. The van der Waals surface area contributed by atoms with Crippen LogP contribution in [0.1, 0.15) is 22.8 Å². The van der Waals surface area contributed by atoms with Crippen molar-refractivity contribution in [3.8, 4) is 0 Å². The van der Waals surface area contributed by atoms with Gasteiger partial charge in [-0.25, -0.2) is 4.98 Å². The number of nitrogens with zero attached hydrogens (tertiary/aromatic N) is 2. The zero-order chi connectivity index (χ0) is 14.7. The summed E-state index contributed by atoms with van der Waals surface area (Å²) in [4.78, 5) is 29.4. The van der Waals surface area contributed by atoms with E-state index in [0.717, 1.165) is 0 Å². The number of carbonyl (C=O) groups excluding carboxylic acids is 2. The smallest absolute Gasteiger partial charge is 0.224 e. The molecule has 0 unspecified atom stereocenters. The van der Waals surface area contributed by atoms with Crippen molar-refractivity contribution < 1.29 is 9.59 Å². The van der Waals surface area contributed by atoms with Crippen molar-refractivity contribution in [1.29, 1.82) is 0 Å².